The number of nitrogens with zero attached hydrogens (tertiary/aromatic N) is 2. The Balaban J connectivity index is 2.11. The fourth-order valence-electron chi connectivity index (χ4n) is 3.03. The Labute approximate surface area is 120 Å². The molecule has 6 nitrogen and oxygen atoms in total. The average Bonchev–Trinajstić information content (AvgIpc) is 2.94. The minimum Gasteiger partial charge on any atom is -0.377 e. The van der Waals surface area contributed by atoms with E-state index in [1.165, 1.54) is 0 Å². The van der Waals surface area contributed by atoms with Gasteiger partial charge in [0.2, 0.25) is 11.8 Å². The summed E-state index contributed by atoms with van der Waals surface area (Å²) in [7, 11) is 3.46. The number of hydrogen-bond donors (Lipinski definition) is 1. The molecule has 20 heavy (non-hydrogen) atoms. The van der Waals surface area contributed by atoms with Crippen molar-refractivity contribution in [1.29, 1.82) is 0 Å². The van der Waals surface area contributed by atoms with E-state index in [4.69, 9.17) is 4.74 Å². The van der Waals surface area contributed by atoms with Crippen LogP contribution >= 0.6 is 0 Å². The first-order valence-corrected chi connectivity index (χ1v) is 7.40. The molecule has 0 aliphatic carbocycles. The van der Waals surface area contributed by atoms with Crippen LogP contribution < -0.4 is 5.32 Å². The molecule has 2 aliphatic rings. The molecule has 114 valence electrons. The summed E-state index contributed by atoms with van der Waals surface area (Å²) < 4.78 is 5.61. The molecule has 0 aromatic carbocycles. The van der Waals surface area contributed by atoms with Crippen molar-refractivity contribution < 1.29 is 14.3 Å². The lowest BCUT2D eigenvalue weighted by atomic mass is 9.96. The summed E-state index contributed by atoms with van der Waals surface area (Å²) in [6.07, 6.45) is 1.62. The van der Waals surface area contributed by atoms with Crippen molar-refractivity contribution in [3.05, 3.63) is 0 Å². The fourth-order valence-corrected chi connectivity index (χ4v) is 3.03. The molecule has 1 N–H and O–H groups in total. The van der Waals surface area contributed by atoms with Crippen molar-refractivity contribution in [2.75, 3.05) is 40.3 Å². The summed E-state index contributed by atoms with van der Waals surface area (Å²) >= 11 is 0. The van der Waals surface area contributed by atoms with Crippen LogP contribution in [0.4, 0.5) is 0 Å². The lowest BCUT2D eigenvalue weighted by Gasteiger charge is -2.38. The predicted molar refractivity (Wildman–Crippen MR) is 75.2 cm³/mol. The highest BCUT2D eigenvalue weighted by molar-refractivity contribution is 5.89. The molecular formula is C14H25N3O3. The van der Waals surface area contributed by atoms with Gasteiger partial charge in [-0.05, 0) is 12.8 Å². The van der Waals surface area contributed by atoms with Crippen LogP contribution in [0, 0.1) is 5.92 Å². The zero-order chi connectivity index (χ0) is 14.7. The quantitative estimate of drug-likeness (QED) is 0.772. The summed E-state index contributed by atoms with van der Waals surface area (Å²) in [4.78, 5) is 28.3. The number of hydrogen-bond acceptors (Lipinski definition) is 4. The topological polar surface area (TPSA) is 61.9 Å². The summed E-state index contributed by atoms with van der Waals surface area (Å²) in [5.74, 6) is -0.0240. The van der Waals surface area contributed by atoms with Gasteiger partial charge in [0.1, 0.15) is 6.04 Å². The molecule has 2 rings (SSSR count). The van der Waals surface area contributed by atoms with Gasteiger partial charge >= 0.3 is 0 Å². The van der Waals surface area contributed by atoms with Crippen molar-refractivity contribution in [2.45, 2.75) is 31.9 Å². The van der Waals surface area contributed by atoms with Crippen molar-refractivity contribution in [3.63, 3.8) is 0 Å². The molecule has 0 bridgehead atoms. The van der Waals surface area contributed by atoms with Crippen molar-refractivity contribution in [3.8, 4) is 0 Å². The number of nitrogens with one attached hydrogen (secondary N) is 1. The lowest BCUT2D eigenvalue weighted by Crippen LogP contribution is -2.60. The highest BCUT2D eigenvalue weighted by atomic mass is 16.5. The molecule has 0 saturated carbocycles. The summed E-state index contributed by atoms with van der Waals surface area (Å²) in [5, 5.41) is 3.20. The van der Waals surface area contributed by atoms with Gasteiger partial charge in [-0.25, -0.2) is 0 Å². The second-order valence-corrected chi connectivity index (χ2v) is 5.70. The Bertz CT molecular complexity index is 373. The number of ether oxygens (including phenoxy) is 1. The monoisotopic (exact) mass is 283 g/mol. The third-order valence-corrected chi connectivity index (χ3v) is 4.18. The van der Waals surface area contributed by atoms with Crippen LogP contribution in [0.1, 0.15) is 19.8 Å². The van der Waals surface area contributed by atoms with Crippen molar-refractivity contribution in [2.24, 2.45) is 5.92 Å². The maximum atomic E-state index is 12.8. The maximum absolute atomic E-state index is 12.8. The average molecular weight is 283 g/mol. The van der Waals surface area contributed by atoms with E-state index in [-0.39, 0.29) is 29.9 Å². The third-order valence-electron chi connectivity index (χ3n) is 4.18. The third kappa shape index (κ3) is 2.96. The SMILES string of the molecule is CCC1OCCC1C(=O)N1CCNCC1C(=O)N(C)C. The number of carbonyl (C=O) groups is 2. The van der Waals surface area contributed by atoms with E-state index < -0.39 is 0 Å². The first-order valence-electron chi connectivity index (χ1n) is 7.40. The van der Waals surface area contributed by atoms with E-state index in [0.29, 0.717) is 19.7 Å². The number of carbonyl (C=O) groups excluding carboxylic acids is 2. The molecule has 2 heterocycles. The van der Waals surface area contributed by atoms with Crippen LogP contribution in [-0.2, 0) is 14.3 Å². The molecule has 0 aromatic rings. The molecule has 2 saturated heterocycles. The van der Waals surface area contributed by atoms with Gasteiger partial charge in [-0.2, -0.15) is 0 Å². The molecule has 0 radical (unpaired) electrons. The first kappa shape index (κ1) is 15.3. The second-order valence-electron chi connectivity index (χ2n) is 5.70. The molecule has 6 heteroatoms. The van der Waals surface area contributed by atoms with Crippen molar-refractivity contribution >= 4 is 11.8 Å². The Hall–Kier alpha value is -1.14. The zero-order valence-electron chi connectivity index (χ0n) is 12.6. The van der Waals surface area contributed by atoms with Crippen molar-refractivity contribution in [1.82, 2.24) is 15.1 Å². The lowest BCUT2D eigenvalue weighted by molar-refractivity contribution is -0.149. The van der Waals surface area contributed by atoms with E-state index in [1.807, 2.05) is 6.92 Å². The Morgan fingerprint density at radius 3 is 2.80 bits per heavy atom. The largest absolute Gasteiger partial charge is 0.377 e. The van der Waals surface area contributed by atoms with Crippen LogP contribution in [0.25, 0.3) is 0 Å². The molecule has 2 aliphatic heterocycles. The standard InChI is InChI=1S/C14H25N3O3/c1-4-12-10(5-8-20-12)13(18)17-7-6-15-9-11(17)14(19)16(2)3/h10-12,15H,4-9H2,1-3H3. The number of piperazine rings is 1. The molecule has 3 atom stereocenters. The zero-order valence-corrected chi connectivity index (χ0v) is 12.6. The van der Waals surface area contributed by atoms with E-state index in [2.05, 4.69) is 5.32 Å². The summed E-state index contributed by atoms with van der Waals surface area (Å²) in [5.41, 5.74) is 0. The minimum absolute atomic E-state index is 0.00694. The van der Waals surface area contributed by atoms with E-state index in [1.54, 1.807) is 23.9 Å². The molecule has 2 fully saturated rings. The smallest absolute Gasteiger partial charge is 0.246 e. The number of amides is 2. The van der Waals surface area contributed by atoms with E-state index in [9.17, 15) is 9.59 Å². The normalized spacial score (nSPS) is 30.4. The van der Waals surface area contributed by atoms with Crippen LogP contribution in [0.2, 0.25) is 0 Å². The van der Waals surface area contributed by atoms with Gasteiger partial charge in [0.05, 0.1) is 12.0 Å². The summed E-state index contributed by atoms with van der Waals surface area (Å²) in [6.45, 7) is 4.56. The maximum Gasteiger partial charge on any atom is 0.246 e. The van der Waals surface area contributed by atoms with Crippen LogP contribution in [-0.4, -0.2) is 74.1 Å². The Morgan fingerprint density at radius 2 is 2.15 bits per heavy atom. The van der Waals surface area contributed by atoms with Gasteiger partial charge in [-0.1, -0.05) is 6.92 Å². The highest BCUT2D eigenvalue weighted by Gasteiger charge is 2.40. The van der Waals surface area contributed by atoms with Gasteiger partial charge in [0.25, 0.3) is 0 Å². The van der Waals surface area contributed by atoms with Gasteiger partial charge in [0, 0.05) is 40.3 Å². The molecular weight excluding hydrogens is 258 g/mol. The van der Waals surface area contributed by atoms with Crippen LogP contribution in [0.5, 0.6) is 0 Å². The van der Waals surface area contributed by atoms with Gasteiger partial charge in [-0.15, -0.1) is 0 Å². The Morgan fingerprint density at radius 1 is 1.40 bits per heavy atom. The van der Waals surface area contributed by atoms with Crippen LogP contribution in [0.3, 0.4) is 0 Å². The number of likely N-dealkylation sites (N-methyl/N-ethyl adjacent to an activating group) is 1. The Kier molecular flexibility index (Phi) is 4.99. The minimum atomic E-state index is -0.385. The van der Waals surface area contributed by atoms with Gasteiger partial charge in [0.15, 0.2) is 0 Å². The molecule has 3 unspecified atom stereocenters. The van der Waals surface area contributed by atoms with Crippen LogP contribution in [0.15, 0.2) is 0 Å². The van der Waals surface area contributed by atoms with E-state index in [0.717, 1.165) is 19.4 Å². The fraction of sp³-hybridized carbons (Fsp3) is 0.857. The molecule has 2 amide bonds. The summed E-state index contributed by atoms with van der Waals surface area (Å²) in [6, 6.07) is -0.385. The highest BCUT2D eigenvalue weighted by Crippen LogP contribution is 2.26. The van der Waals surface area contributed by atoms with Gasteiger partial charge in [-0.3, -0.25) is 9.59 Å². The number of rotatable bonds is 3. The first-order chi connectivity index (χ1) is 9.56. The molecule has 0 aromatic heterocycles. The van der Waals surface area contributed by atoms with E-state index >= 15 is 0 Å². The second kappa shape index (κ2) is 6.54. The van der Waals surface area contributed by atoms with Gasteiger partial charge < -0.3 is 19.9 Å². The molecule has 0 spiro atoms. The predicted octanol–water partition coefficient (Wildman–Crippen LogP) is -0.310.